The molecule has 5 rings (SSSR count). The van der Waals surface area contributed by atoms with Crippen LogP contribution in [-0.4, -0.2) is 53.5 Å². The van der Waals surface area contributed by atoms with E-state index in [-0.39, 0.29) is 17.8 Å². The van der Waals surface area contributed by atoms with Gasteiger partial charge in [-0.1, -0.05) is 42.5 Å². The van der Waals surface area contributed by atoms with Crippen molar-refractivity contribution in [3.63, 3.8) is 0 Å². The molecule has 0 radical (unpaired) electrons. The summed E-state index contributed by atoms with van der Waals surface area (Å²) < 4.78 is 7.96. The van der Waals surface area contributed by atoms with E-state index in [2.05, 4.69) is 74.5 Å². The number of rotatable bonds is 9. The van der Waals surface area contributed by atoms with Crippen LogP contribution in [0.2, 0.25) is 0 Å². The van der Waals surface area contributed by atoms with E-state index in [1.54, 1.807) is 0 Å². The van der Waals surface area contributed by atoms with E-state index in [0.717, 1.165) is 61.6 Å². The predicted molar refractivity (Wildman–Crippen MR) is 146 cm³/mol. The molecule has 0 bridgehead atoms. The zero-order valence-corrected chi connectivity index (χ0v) is 21.1. The average molecular weight is 492 g/mol. The number of nitrogens with zero attached hydrogens (tertiary/aromatic N) is 4. The number of allylic oxidation sites excluding steroid dienone is 1. The highest BCUT2D eigenvalue weighted by molar-refractivity contribution is 5.85. The fourth-order valence-corrected chi connectivity index (χ4v) is 5.11. The summed E-state index contributed by atoms with van der Waals surface area (Å²) in [5, 5.41) is 3.60. The lowest BCUT2D eigenvalue weighted by Gasteiger charge is -2.32. The van der Waals surface area contributed by atoms with Crippen molar-refractivity contribution < 1.29 is 4.74 Å². The van der Waals surface area contributed by atoms with Crippen molar-refractivity contribution in [2.45, 2.75) is 31.7 Å². The van der Waals surface area contributed by atoms with Gasteiger partial charge >= 0.3 is 0 Å². The van der Waals surface area contributed by atoms with Crippen molar-refractivity contribution in [2.24, 2.45) is 4.99 Å². The van der Waals surface area contributed by atoms with E-state index < -0.39 is 0 Å². The molecule has 1 fully saturated rings. The molecule has 0 amide bonds. The summed E-state index contributed by atoms with van der Waals surface area (Å²) in [6.45, 7) is 7.10. The summed E-state index contributed by atoms with van der Waals surface area (Å²) in [5.74, 6) is 0.933. The molecule has 184 valence electrons. The van der Waals surface area contributed by atoms with Gasteiger partial charge in [0.15, 0.2) is 5.82 Å². The lowest BCUT2D eigenvalue weighted by atomic mass is 9.77. The summed E-state index contributed by atoms with van der Waals surface area (Å²) >= 11 is 0. The Bertz CT molecular complexity index is 1190. The first-order valence-corrected chi connectivity index (χ1v) is 12.3. The van der Waals surface area contributed by atoms with Crippen molar-refractivity contribution in [1.82, 2.24) is 19.8 Å². The molecule has 2 aliphatic heterocycles. The summed E-state index contributed by atoms with van der Waals surface area (Å²) in [5.41, 5.74) is 4.70. The van der Waals surface area contributed by atoms with Crippen LogP contribution in [0, 0.1) is 0 Å². The monoisotopic (exact) mass is 491 g/mol. The van der Waals surface area contributed by atoms with Crippen LogP contribution in [0.3, 0.4) is 0 Å². The Morgan fingerprint density at radius 2 is 1.89 bits per heavy atom. The predicted octanol–water partition coefficient (Wildman–Crippen LogP) is 5.01. The third kappa shape index (κ3) is 5.35. The largest absolute Gasteiger partial charge is 0.380 e. The summed E-state index contributed by atoms with van der Waals surface area (Å²) in [6.07, 6.45) is 10.1. The Labute approximate surface area is 213 Å². The van der Waals surface area contributed by atoms with Crippen LogP contribution in [0.25, 0.3) is 16.7 Å². The molecule has 7 heteroatoms. The molecule has 1 aromatic heterocycles. The molecule has 1 saturated heterocycles. The van der Waals surface area contributed by atoms with Crippen LogP contribution < -0.4 is 5.32 Å². The Kier molecular flexibility index (Phi) is 8.39. The normalized spacial score (nSPS) is 19.6. The van der Waals surface area contributed by atoms with Crippen LogP contribution >= 0.6 is 12.4 Å². The second-order valence-corrected chi connectivity index (χ2v) is 8.94. The van der Waals surface area contributed by atoms with Gasteiger partial charge in [0.05, 0.1) is 23.8 Å². The Balaban J connectivity index is 0.00000289. The summed E-state index contributed by atoms with van der Waals surface area (Å²) in [4.78, 5) is 11.9. The highest BCUT2D eigenvalue weighted by Gasteiger charge is 2.36. The van der Waals surface area contributed by atoms with Crippen LogP contribution in [0.1, 0.15) is 31.2 Å². The Hall–Kier alpha value is -2.93. The summed E-state index contributed by atoms with van der Waals surface area (Å²) in [7, 11) is 0. The number of hydrogen-bond acceptors (Lipinski definition) is 5. The molecular weight excluding hydrogens is 458 g/mol. The Morgan fingerprint density at radius 3 is 2.69 bits per heavy atom. The van der Waals surface area contributed by atoms with Gasteiger partial charge in [0, 0.05) is 44.1 Å². The first kappa shape index (κ1) is 25.2. The first-order valence-electron chi connectivity index (χ1n) is 12.3. The van der Waals surface area contributed by atoms with E-state index in [4.69, 9.17) is 9.72 Å². The van der Waals surface area contributed by atoms with E-state index >= 15 is 0 Å². The third-order valence-electron chi connectivity index (χ3n) is 6.95. The lowest BCUT2D eigenvalue weighted by molar-refractivity contribution is 0.139. The minimum atomic E-state index is 0. The summed E-state index contributed by atoms with van der Waals surface area (Å²) in [6, 6.07) is 19.3. The molecule has 0 aliphatic carbocycles. The van der Waals surface area contributed by atoms with Gasteiger partial charge in [0.25, 0.3) is 0 Å². The zero-order valence-electron chi connectivity index (χ0n) is 20.3. The van der Waals surface area contributed by atoms with E-state index in [9.17, 15) is 0 Å². The van der Waals surface area contributed by atoms with Gasteiger partial charge in [-0.2, -0.15) is 0 Å². The second kappa shape index (κ2) is 11.7. The number of aliphatic imine (C=N–C) groups is 1. The quantitative estimate of drug-likeness (QED) is 0.427. The molecule has 1 atom stereocenters. The highest BCUT2D eigenvalue weighted by atomic mass is 35.5. The average Bonchev–Trinajstić information content (AvgIpc) is 3.43. The fourth-order valence-electron chi connectivity index (χ4n) is 5.11. The van der Waals surface area contributed by atoms with Crippen LogP contribution in [0.15, 0.2) is 78.1 Å². The van der Waals surface area contributed by atoms with Gasteiger partial charge in [0.2, 0.25) is 0 Å². The number of nitrogens with one attached hydrogen (secondary N) is 1. The number of imidazole rings is 1. The molecule has 1 unspecified atom stereocenters. The van der Waals surface area contributed by atoms with Crippen LogP contribution in [0.4, 0.5) is 0 Å². The van der Waals surface area contributed by atoms with Crippen LogP contribution in [-0.2, 0) is 16.7 Å². The van der Waals surface area contributed by atoms with Gasteiger partial charge in [-0.3, -0.25) is 4.99 Å². The topological polar surface area (TPSA) is 54.7 Å². The number of benzene rings is 2. The van der Waals surface area contributed by atoms with E-state index in [1.807, 2.05) is 31.5 Å². The van der Waals surface area contributed by atoms with Crippen molar-refractivity contribution in [2.75, 3.05) is 32.8 Å². The van der Waals surface area contributed by atoms with Gasteiger partial charge in [-0.25, -0.2) is 4.98 Å². The number of para-hydroxylation sites is 2. The van der Waals surface area contributed by atoms with Gasteiger partial charge in [-0.05, 0) is 50.1 Å². The molecule has 6 nitrogen and oxygen atoms in total. The third-order valence-corrected chi connectivity index (χ3v) is 6.95. The van der Waals surface area contributed by atoms with Gasteiger partial charge in [0.1, 0.15) is 5.70 Å². The number of ether oxygens (including phenoxy) is 1. The van der Waals surface area contributed by atoms with Gasteiger partial charge in [-0.15, -0.1) is 12.4 Å². The minimum Gasteiger partial charge on any atom is -0.380 e. The Morgan fingerprint density at radius 1 is 1.06 bits per heavy atom. The number of fused-ring (bicyclic) bond motifs is 1. The number of hydrogen-bond donors (Lipinski definition) is 1. The van der Waals surface area contributed by atoms with Crippen molar-refractivity contribution in [3.8, 4) is 0 Å². The fraction of sp³-hybridized carbons (Fsp3) is 0.357. The van der Waals surface area contributed by atoms with Crippen molar-refractivity contribution in [3.05, 3.63) is 84.5 Å². The molecule has 3 heterocycles. The van der Waals surface area contributed by atoms with E-state index in [0.29, 0.717) is 13.2 Å². The molecule has 0 spiro atoms. The maximum atomic E-state index is 5.69. The van der Waals surface area contributed by atoms with E-state index in [1.165, 1.54) is 5.56 Å². The standard InChI is InChI=1S/C28H33N5O.ClH/c1-2-34-20-19-33-25-12-7-6-11-24(25)31-27(33)26-21-29-15-8-17-32(26)18-14-28(13-16-30-22-28)23-9-4-3-5-10-23;/h3-12,15,17,21,30H,2,13-14,16,18-20,22H2,1H3;1H. The SMILES string of the molecule is CCOCCn1c(C2=CN=CC=CN2CCC2(c3ccccc3)CCNC2)nc2ccccc21.Cl. The zero-order chi connectivity index (χ0) is 23.2. The molecule has 1 N–H and O–H groups in total. The molecular formula is C28H34ClN5O. The van der Waals surface area contributed by atoms with Crippen LogP contribution in [0.5, 0.6) is 0 Å². The minimum absolute atomic E-state index is 0. The number of aromatic nitrogens is 2. The maximum absolute atomic E-state index is 5.69. The molecule has 2 aliphatic rings. The highest BCUT2D eigenvalue weighted by Crippen LogP contribution is 2.36. The molecule has 3 aromatic rings. The van der Waals surface area contributed by atoms with Gasteiger partial charge < -0.3 is 19.5 Å². The smallest absolute Gasteiger partial charge is 0.159 e. The lowest BCUT2D eigenvalue weighted by Crippen LogP contribution is -2.33. The maximum Gasteiger partial charge on any atom is 0.159 e. The molecule has 0 saturated carbocycles. The van der Waals surface area contributed by atoms with Crippen molar-refractivity contribution >= 4 is 35.4 Å². The molecule has 2 aromatic carbocycles. The first-order chi connectivity index (χ1) is 16.8. The molecule has 35 heavy (non-hydrogen) atoms. The number of halogens is 1. The second-order valence-electron chi connectivity index (χ2n) is 8.94. The van der Waals surface area contributed by atoms with Crippen molar-refractivity contribution in [1.29, 1.82) is 0 Å².